The summed E-state index contributed by atoms with van der Waals surface area (Å²) in [7, 11) is 0. The van der Waals surface area contributed by atoms with E-state index in [2.05, 4.69) is 6.92 Å². The summed E-state index contributed by atoms with van der Waals surface area (Å²) in [5, 5.41) is 0. The second kappa shape index (κ2) is 19.5. The fourth-order valence-corrected chi connectivity index (χ4v) is 1.40. The van der Waals surface area contributed by atoms with E-state index in [4.69, 9.17) is 6.58 Å². The Morgan fingerprint density at radius 1 is 0.857 bits per heavy atom. The van der Waals surface area contributed by atoms with Gasteiger partial charge in [-0.2, -0.15) is 0 Å². The van der Waals surface area contributed by atoms with Gasteiger partial charge in [-0.15, -0.1) is 0 Å². The molecule has 0 radical (unpaired) electrons. The van der Waals surface area contributed by atoms with Crippen molar-refractivity contribution in [2.24, 2.45) is 0 Å². The molecule has 80 valence electrons. The van der Waals surface area contributed by atoms with Gasteiger partial charge in [0.1, 0.15) is 0 Å². The molecule has 0 bridgehead atoms. The molecule has 0 atom stereocenters. The van der Waals surface area contributed by atoms with Gasteiger partial charge in [0.15, 0.2) is 0 Å². The molecule has 0 aliphatic carbocycles. The Bertz CT molecular complexity index is 94.3. The smallest absolute Gasteiger partial charge is 1.00 e. The van der Waals surface area contributed by atoms with E-state index in [9.17, 15) is 0 Å². The topological polar surface area (TPSA) is 0 Å². The monoisotopic (exact) mass is 270 g/mol. The van der Waals surface area contributed by atoms with Crippen molar-refractivity contribution >= 4 is 23.1 Å². The van der Waals surface area contributed by atoms with Crippen molar-refractivity contribution in [3.63, 3.8) is 0 Å². The van der Waals surface area contributed by atoms with E-state index in [0.29, 0.717) is 0 Å². The second-order valence-corrected chi connectivity index (χ2v) is 3.50. The minimum Gasteiger partial charge on any atom is -1.00 e. The summed E-state index contributed by atoms with van der Waals surface area (Å²) < 4.78 is 0. The standard InChI is InChI=1S/C12H23.BrH.Mg/c1-3-5-7-9-11-12-10-8-6-4-2;;/h1,3H,4-12H2,2H3;1H;/q-1;;+2/p-1. The quantitative estimate of drug-likeness (QED) is 0.335. The number of hydrogen-bond acceptors (Lipinski definition) is 0. The van der Waals surface area contributed by atoms with Crippen molar-refractivity contribution in [3.05, 3.63) is 12.7 Å². The van der Waals surface area contributed by atoms with Crippen LogP contribution in [0.1, 0.15) is 64.7 Å². The van der Waals surface area contributed by atoms with Crippen LogP contribution in [0.5, 0.6) is 0 Å². The molecule has 0 saturated heterocycles. The summed E-state index contributed by atoms with van der Waals surface area (Å²) in [6, 6.07) is 0. The Balaban J connectivity index is -0.000000605. The Morgan fingerprint density at radius 3 is 1.71 bits per heavy atom. The minimum atomic E-state index is 0. The van der Waals surface area contributed by atoms with Crippen LogP contribution in [-0.4, -0.2) is 23.1 Å². The largest absolute Gasteiger partial charge is 2.00 e. The molecule has 0 N–H and O–H groups in total. The molecule has 0 heterocycles. The van der Waals surface area contributed by atoms with Crippen LogP contribution in [0.25, 0.3) is 0 Å². The molecular weight excluding hydrogens is 248 g/mol. The van der Waals surface area contributed by atoms with Gasteiger partial charge in [0, 0.05) is 0 Å². The van der Waals surface area contributed by atoms with Gasteiger partial charge in [0.05, 0.1) is 0 Å². The zero-order chi connectivity index (χ0) is 9.07. The number of unbranched alkanes of at least 4 members (excludes halogenated alkanes) is 8. The molecule has 14 heavy (non-hydrogen) atoms. The zero-order valence-electron chi connectivity index (χ0n) is 9.60. The molecule has 0 amide bonds. The molecule has 0 aliphatic heterocycles. The van der Waals surface area contributed by atoms with E-state index >= 15 is 0 Å². The van der Waals surface area contributed by atoms with Gasteiger partial charge in [-0.3, -0.25) is 6.08 Å². The van der Waals surface area contributed by atoms with E-state index in [0.717, 1.165) is 6.42 Å². The first-order valence-corrected chi connectivity index (χ1v) is 5.45. The molecular formula is C12H23BrMg. The van der Waals surface area contributed by atoms with E-state index in [-0.39, 0.29) is 40.0 Å². The van der Waals surface area contributed by atoms with Crippen LogP contribution < -0.4 is 17.0 Å². The molecule has 0 fully saturated rings. The summed E-state index contributed by atoms with van der Waals surface area (Å²) in [4.78, 5) is 0. The van der Waals surface area contributed by atoms with Gasteiger partial charge >= 0.3 is 23.1 Å². The van der Waals surface area contributed by atoms with Crippen molar-refractivity contribution in [2.45, 2.75) is 64.7 Å². The molecule has 0 nitrogen and oxygen atoms in total. The average Bonchev–Trinajstić information content (AvgIpc) is 2.10. The van der Waals surface area contributed by atoms with Crippen molar-refractivity contribution in [1.29, 1.82) is 0 Å². The second-order valence-electron chi connectivity index (χ2n) is 3.50. The van der Waals surface area contributed by atoms with Crippen LogP contribution in [0.2, 0.25) is 0 Å². The van der Waals surface area contributed by atoms with Crippen LogP contribution >= 0.6 is 0 Å². The van der Waals surface area contributed by atoms with Crippen LogP contribution in [-0.2, 0) is 0 Å². The van der Waals surface area contributed by atoms with Crippen molar-refractivity contribution in [2.75, 3.05) is 0 Å². The summed E-state index contributed by atoms with van der Waals surface area (Å²) in [5.41, 5.74) is 0. The van der Waals surface area contributed by atoms with E-state index in [1.165, 1.54) is 51.4 Å². The SMILES string of the molecule is [Br-].[CH-]=CCCCCCCCCCC.[Mg+2]. The van der Waals surface area contributed by atoms with Crippen LogP contribution in [0.3, 0.4) is 0 Å². The normalized spacial score (nSPS) is 8.64. The summed E-state index contributed by atoms with van der Waals surface area (Å²) in [6.07, 6.45) is 14.0. The van der Waals surface area contributed by atoms with Crippen LogP contribution in [0.4, 0.5) is 0 Å². The van der Waals surface area contributed by atoms with E-state index in [1.54, 1.807) is 6.08 Å². The molecule has 2 heteroatoms. The molecule has 0 saturated carbocycles. The predicted octanol–water partition coefficient (Wildman–Crippen LogP) is 1.13. The summed E-state index contributed by atoms with van der Waals surface area (Å²) in [6.45, 7) is 7.54. The Hall–Kier alpha value is 0.986. The Kier molecular flexibility index (Phi) is 28.5. The Labute approximate surface area is 117 Å². The summed E-state index contributed by atoms with van der Waals surface area (Å²) in [5.74, 6) is 0. The van der Waals surface area contributed by atoms with Gasteiger partial charge in [-0.05, 0) is 0 Å². The van der Waals surface area contributed by atoms with Crippen LogP contribution in [0, 0.1) is 6.58 Å². The zero-order valence-corrected chi connectivity index (χ0v) is 12.6. The fourth-order valence-electron chi connectivity index (χ4n) is 1.40. The summed E-state index contributed by atoms with van der Waals surface area (Å²) >= 11 is 0. The maximum absolute atomic E-state index is 5.28. The van der Waals surface area contributed by atoms with Crippen molar-refractivity contribution < 1.29 is 17.0 Å². The molecule has 0 aromatic carbocycles. The maximum atomic E-state index is 5.28. The third kappa shape index (κ3) is 18.7. The maximum Gasteiger partial charge on any atom is 2.00 e. The van der Waals surface area contributed by atoms with E-state index < -0.39 is 0 Å². The van der Waals surface area contributed by atoms with Crippen molar-refractivity contribution in [3.8, 4) is 0 Å². The van der Waals surface area contributed by atoms with Gasteiger partial charge < -0.3 is 23.6 Å². The van der Waals surface area contributed by atoms with Gasteiger partial charge in [0.25, 0.3) is 0 Å². The minimum absolute atomic E-state index is 0. The average molecular weight is 272 g/mol. The molecule has 0 aromatic heterocycles. The third-order valence-corrected chi connectivity index (χ3v) is 2.22. The molecule has 0 unspecified atom stereocenters. The van der Waals surface area contributed by atoms with Gasteiger partial charge in [-0.1, -0.05) is 64.7 Å². The Morgan fingerprint density at radius 2 is 1.29 bits per heavy atom. The molecule has 0 aromatic rings. The number of halogens is 1. The first-order valence-electron chi connectivity index (χ1n) is 5.45. The predicted molar refractivity (Wildman–Crippen MR) is 61.9 cm³/mol. The fraction of sp³-hybridized carbons (Fsp3) is 0.833. The molecule has 0 spiro atoms. The van der Waals surface area contributed by atoms with E-state index in [1.807, 2.05) is 0 Å². The number of allylic oxidation sites excluding steroid dienone is 1. The van der Waals surface area contributed by atoms with Gasteiger partial charge in [-0.25, -0.2) is 0 Å². The van der Waals surface area contributed by atoms with Crippen molar-refractivity contribution in [1.82, 2.24) is 0 Å². The first kappa shape index (κ1) is 20.4. The molecule has 0 aliphatic rings. The number of hydrogen-bond donors (Lipinski definition) is 0. The molecule has 0 rings (SSSR count). The third-order valence-electron chi connectivity index (χ3n) is 2.22. The van der Waals surface area contributed by atoms with Crippen LogP contribution in [0.15, 0.2) is 6.08 Å². The first-order chi connectivity index (χ1) is 5.91. The van der Waals surface area contributed by atoms with Gasteiger partial charge in [0.2, 0.25) is 0 Å². The number of rotatable bonds is 9.